The SMILES string of the molecule is O=S(=O)([O-])CC=S.[Na+]. The van der Waals surface area contributed by atoms with Crippen molar-refractivity contribution in [2.24, 2.45) is 0 Å². The molecule has 42 valence electrons. The molecule has 0 N–H and O–H groups in total. The first-order chi connectivity index (χ1) is 3.06. The third-order valence-electron chi connectivity index (χ3n) is 0.272. The second-order valence-corrected chi connectivity index (χ2v) is 2.67. The van der Waals surface area contributed by atoms with Gasteiger partial charge in [-0.3, -0.25) is 0 Å². The summed E-state index contributed by atoms with van der Waals surface area (Å²) >= 11 is 4.10. The van der Waals surface area contributed by atoms with E-state index < -0.39 is 15.9 Å². The van der Waals surface area contributed by atoms with Crippen LogP contribution in [0.1, 0.15) is 0 Å². The van der Waals surface area contributed by atoms with Crippen molar-refractivity contribution < 1.29 is 42.5 Å². The van der Waals surface area contributed by atoms with Gasteiger partial charge in [-0.05, 0) is 5.37 Å². The maximum Gasteiger partial charge on any atom is 1.00 e. The molecule has 0 rings (SSSR count). The van der Waals surface area contributed by atoms with Gasteiger partial charge in [-0.2, -0.15) is 0 Å². The normalized spacial score (nSPS) is 9.62. The van der Waals surface area contributed by atoms with E-state index in [0.717, 1.165) is 5.37 Å². The minimum Gasteiger partial charge on any atom is -0.748 e. The van der Waals surface area contributed by atoms with E-state index in [9.17, 15) is 13.0 Å². The van der Waals surface area contributed by atoms with Crippen LogP contribution in [0.25, 0.3) is 0 Å². The molecule has 0 saturated heterocycles. The fourth-order valence-corrected chi connectivity index (χ4v) is 0.750. The molecule has 0 aliphatic carbocycles. The Bertz CT molecular complexity index is 149. The van der Waals surface area contributed by atoms with E-state index >= 15 is 0 Å². The second kappa shape index (κ2) is 4.84. The van der Waals surface area contributed by atoms with Gasteiger partial charge in [0.2, 0.25) is 0 Å². The summed E-state index contributed by atoms with van der Waals surface area (Å²) in [6.07, 6.45) is 0. The van der Waals surface area contributed by atoms with Crippen LogP contribution in [0.5, 0.6) is 0 Å². The van der Waals surface area contributed by atoms with E-state index in [1.165, 1.54) is 0 Å². The van der Waals surface area contributed by atoms with Gasteiger partial charge in [0, 0.05) is 0 Å². The molecule has 0 spiro atoms. The van der Waals surface area contributed by atoms with Gasteiger partial charge in [-0.25, -0.2) is 8.42 Å². The molecule has 0 amide bonds. The molecule has 0 radical (unpaired) electrons. The van der Waals surface area contributed by atoms with E-state index in [2.05, 4.69) is 12.2 Å². The number of hydrogen-bond acceptors (Lipinski definition) is 4. The number of rotatable bonds is 2. The van der Waals surface area contributed by atoms with Crippen LogP contribution in [-0.2, 0) is 10.1 Å². The first-order valence-corrected chi connectivity index (χ1v) is 3.48. The maximum absolute atomic E-state index is 9.58. The van der Waals surface area contributed by atoms with Crippen LogP contribution in [0, 0.1) is 0 Å². The van der Waals surface area contributed by atoms with Crippen LogP contribution >= 0.6 is 12.2 Å². The van der Waals surface area contributed by atoms with Gasteiger partial charge < -0.3 is 4.55 Å². The zero-order chi connectivity index (χ0) is 5.91. The van der Waals surface area contributed by atoms with Crippen LogP contribution in [0.2, 0.25) is 0 Å². The summed E-state index contributed by atoms with van der Waals surface area (Å²) in [6, 6.07) is 0. The number of hydrogen-bond donors (Lipinski definition) is 0. The molecular weight excluding hydrogens is 159 g/mol. The Hall–Kier alpha value is 1.00. The summed E-state index contributed by atoms with van der Waals surface area (Å²) in [6.45, 7) is 0. The molecule has 0 fully saturated rings. The Morgan fingerprint density at radius 2 is 2.00 bits per heavy atom. The van der Waals surface area contributed by atoms with Crippen LogP contribution in [-0.4, -0.2) is 24.1 Å². The summed E-state index contributed by atoms with van der Waals surface area (Å²) in [5.41, 5.74) is 0. The Balaban J connectivity index is 0. The number of thiocarbonyl (C=S) groups is 1. The van der Waals surface area contributed by atoms with Crippen LogP contribution in [0.4, 0.5) is 0 Å². The van der Waals surface area contributed by atoms with Crippen molar-refractivity contribution in [1.82, 2.24) is 0 Å². The maximum atomic E-state index is 9.58. The van der Waals surface area contributed by atoms with Crippen molar-refractivity contribution in [2.45, 2.75) is 0 Å². The van der Waals surface area contributed by atoms with Crippen LogP contribution in [0.3, 0.4) is 0 Å². The molecule has 0 aromatic heterocycles. The molecule has 0 aliphatic heterocycles. The third kappa shape index (κ3) is 10.1. The summed E-state index contributed by atoms with van der Waals surface area (Å²) < 4.78 is 28.7. The van der Waals surface area contributed by atoms with Crippen LogP contribution < -0.4 is 29.6 Å². The van der Waals surface area contributed by atoms with Gasteiger partial charge in [0.1, 0.15) is 0 Å². The van der Waals surface area contributed by atoms with Crippen molar-refractivity contribution in [1.29, 1.82) is 0 Å². The van der Waals surface area contributed by atoms with Gasteiger partial charge in [0.25, 0.3) is 0 Å². The molecule has 6 heteroatoms. The molecule has 0 aliphatic rings. The van der Waals surface area contributed by atoms with E-state index in [-0.39, 0.29) is 29.6 Å². The Labute approximate surface area is 75.5 Å². The fraction of sp³-hybridized carbons (Fsp3) is 0.500. The van der Waals surface area contributed by atoms with Crippen molar-refractivity contribution in [3.05, 3.63) is 0 Å². The molecule has 0 bridgehead atoms. The topological polar surface area (TPSA) is 57.2 Å². The molecule has 3 nitrogen and oxygen atoms in total. The summed E-state index contributed by atoms with van der Waals surface area (Å²) in [4.78, 5) is 0. The average molecular weight is 162 g/mol. The summed E-state index contributed by atoms with van der Waals surface area (Å²) in [7, 11) is -4.08. The molecule has 0 saturated carbocycles. The first-order valence-electron chi connectivity index (χ1n) is 1.43. The average Bonchev–Trinajstić information content (AvgIpc) is 1.30. The molecule has 8 heavy (non-hydrogen) atoms. The predicted molar refractivity (Wildman–Crippen MR) is 28.2 cm³/mol. The van der Waals surface area contributed by atoms with Crippen molar-refractivity contribution in [2.75, 3.05) is 5.75 Å². The third-order valence-corrected chi connectivity index (χ3v) is 1.22. The zero-order valence-electron chi connectivity index (χ0n) is 4.33. The fourth-order valence-electron chi connectivity index (χ4n) is 0.0833. The van der Waals surface area contributed by atoms with Gasteiger partial charge in [-0.15, -0.1) is 0 Å². The quantitative estimate of drug-likeness (QED) is 0.240. The minimum atomic E-state index is -4.08. The largest absolute Gasteiger partial charge is 1.00 e. The molecule has 0 aromatic carbocycles. The molecule has 0 atom stereocenters. The monoisotopic (exact) mass is 162 g/mol. The first kappa shape index (κ1) is 11.8. The van der Waals surface area contributed by atoms with Gasteiger partial charge in [0.15, 0.2) is 0 Å². The predicted octanol–water partition coefficient (Wildman–Crippen LogP) is -3.46. The molecule has 0 aromatic rings. The molecular formula is C2H3NaO3S2. The van der Waals surface area contributed by atoms with E-state index in [0.29, 0.717) is 0 Å². The second-order valence-electron chi connectivity index (χ2n) is 0.891. The summed E-state index contributed by atoms with van der Waals surface area (Å²) in [5, 5.41) is 0.891. The molecule has 0 unspecified atom stereocenters. The molecule has 0 heterocycles. The van der Waals surface area contributed by atoms with Crippen molar-refractivity contribution in [3.63, 3.8) is 0 Å². The summed E-state index contributed by atoms with van der Waals surface area (Å²) in [5.74, 6) is -0.553. The Kier molecular flexibility index (Phi) is 7.11. The van der Waals surface area contributed by atoms with Gasteiger partial charge >= 0.3 is 29.6 Å². The smallest absolute Gasteiger partial charge is 0.748 e. The Morgan fingerprint density at radius 3 is 2.00 bits per heavy atom. The Morgan fingerprint density at radius 1 is 1.62 bits per heavy atom. The standard InChI is InChI=1S/C2H4O3S2.Na/c3-7(4,5)2-1-6;/h1H,2H2,(H,3,4,5);/q;+1/p-1. The van der Waals surface area contributed by atoms with E-state index in [4.69, 9.17) is 0 Å². The van der Waals surface area contributed by atoms with Crippen LogP contribution in [0.15, 0.2) is 0 Å². The van der Waals surface area contributed by atoms with E-state index in [1.807, 2.05) is 0 Å². The van der Waals surface area contributed by atoms with Gasteiger partial charge in [0.05, 0.1) is 15.9 Å². The van der Waals surface area contributed by atoms with Crippen molar-refractivity contribution >= 4 is 27.7 Å². The minimum absolute atomic E-state index is 0. The van der Waals surface area contributed by atoms with Gasteiger partial charge in [-0.1, -0.05) is 12.2 Å². The van der Waals surface area contributed by atoms with E-state index in [1.54, 1.807) is 0 Å². The van der Waals surface area contributed by atoms with Crippen molar-refractivity contribution in [3.8, 4) is 0 Å². The zero-order valence-corrected chi connectivity index (χ0v) is 7.96.